The number of carbonyl (C=O) groups excluding carboxylic acids is 1. The maximum atomic E-state index is 12.4. The highest BCUT2D eigenvalue weighted by Crippen LogP contribution is 2.32. The Balaban J connectivity index is 1.27. The van der Waals surface area contributed by atoms with Crippen LogP contribution in [-0.2, 0) is 25.6 Å². The number of anilines is 1. The lowest BCUT2D eigenvalue weighted by atomic mass is 10.1. The summed E-state index contributed by atoms with van der Waals surface area (Å²) in [6.07, 6.45) is 3.58. The van der Waals surface area contributed by atoms with Crippen LogP contribution in [0.1, 0.15) is 61.3 Å². The van der Waals surface area contributed by atoms with Gasteiger partial charge in [-0.25, -0.2) is 9.71 Å². The largest absolute Gasteiger partial charge is 0.507 e. The number of benzene rings is 1. The molecule has 0 spiro atoms. The number of hydrogen-bond donors (Lipinski definition) is 5. The second-order valence-electron chi connectivity index (χ2n) is 10.3. The maximum absolute atomic E-state index is 12.4. The Hall–Kier alpha value is -4.23. The standard InChI is InChI=1S/C26H33N9O8S/c1-2-3-4-5-6-9-15-12-35(33-31-15)26-29-22(27)19-23(30-26)34(14-28-19)25-21(38)20(37)18(43-25)13-42-44(40,41)32-24(39)16-10-7-8-11-17(16)36/h7-8,10-12,14,18,20-21,25,36-38H,2-6,9,13H2,1H3,(H,32,39)(H2,27,29,30)/t18-,20-,21-,25-/m0/s1. The lowest BCUT2D eigenvalue weighted by Crippen LogP contribution is -2.37. The zero-order valence-electron chi connectivity index (χ0n) is 23.7. The van der Waals surface area contributed by atoms with Crippen LogP contribution in [0.2, 0.25) is 0 Å². The van der Waals surface area contributed by atoms with Gasteiger partial charge in [0.2, 0.25) is 0 Å². The van der Waals surface area contributed by atoms with Crippen molar-refractivity contribution in [2.24, 2.45) is 0 Å². The molecule has 1 fully saturated rings. The van der Waals surface area contributed by atoms with Gasteiger partial charge >= 0.3 is 10.3 Å². The first-order chi connectivity index (χ1) is 21.1. The second kappa shape index (κ2) is 13.2. The Morgan fingerprint density at radius 3 is 2.68 bits per heavy atom. The van der Waals surface area contributed by atoms with Crippen molar-refractivity contribution in [1.29, 1.82) is 0 Å². The van der Waals surface area contributed by atoms with Crippen molar-refractivity contribution in [3.8, 4) is 11.7 Å². The molecule has 1 aromatic carbocycles. The fraction of sp³-hybridized carbons (Fsp3) is 0.462. The first-order valence-electron chi connectivity index (χ1n) is 14.0. The molecule has 0 aliphatic carbocycles. The predicted molar refractivity (Wildman–Crippen MR) is 153 cm³/mol. The molecule has 236 valence electrons. The third-order valence-corrected chi connectivity index (χ3v) is 7.97. The maximum Gasteiger partial charge on any atom is 0.362 e. The minimum Gasteiger partial charge on any atom is -0.507 e. The highest BCUT2D eigenvalue weighted by molar-refractivity contribution is 7.85. The fourth-order valence-electron chi connectivity index (χ4n) is 4.75. The SMILES string of the molecule is CCCCCCCc1cn(-c2nc(N)c3ncn([C@H]4O[C@@H](COS(=O)(=O)NC(=O)c5ccccc5O)[C@H](O)[C@@H]4O)c3n2)nn1. The first-order valence-corrected chi connectivity index (χ1v) is 15.4. The number of phenols is 1. The number of aliphatic hydroxyl groups excluding tert-OH is 2. The van der Waals surface area contributed by atoms with Crippen molar-refractivity contribution in [2.45, 2.75) is 70.0 Å². The third-order valence-electron chi connectivity index (χ3n) is 7.08. The highest BCUT2D eigenvalue weighted by Gasteiger charge is 2.45. The van der Waals surface area contributed by atoms with Gasteiger partial charge in [0, 0.05) is 0 Å². The molecule has 4 atom stereocenters. The zero-order valence-corrected chi connectivity index (χ0v) is 24.5. The van der Waals surface area contributed by atoms with Crippen molar-refractivity contribution >= 4 is 33.2 Å². The molecule has 6 N–H and O–H groups in total. The number of amides is 1. The van der Waals surface area contributed by atoms with E-state index < -0.39 is 53.1 Å². The van der Waals surface area contributed by atoms with Crippen LogP contribution < -0.4 is 10.5 Å². The summed E-state index contributed by atoms with van der Waals surface area (Å²) in [5, 5.41) is 39.5. The van der Waals surface area contributed by atoms with E-state index >= 15 is 0 Å². The Morgan fingerprint density at radius 1 is 1.14 bits per heavy atom. The zero-order chi connectivity index (χ0) is 31.4. The molecule has 1 amide bonds. The van der Waals surface area contributed by atoms with E-state index in [1.54, 1.807) is 10.9 Å². The van der Waals surface area contributed by atoms with Crippen LogP contribution in [0, 0.1) is 0 Å². The fourth-order valence-corrected chi connectivity index (χ4v) is 5.46. The molecule has 3 aromatic heterocycles. The molecule has 1 aliphatic rings. The normalized spacial score (nSPS) is 20.3. The number of nitrogens with two attached hydrogens (primary N) is 1. The number of nitrogen functional groups attached to an aromatic ring is 1. The van der Waals surface area contributed by atoms with Crippen molar-refractivity contribution in [3.05, 3.63) is 48.0 Å². The summed E-state index contributed by atoms with van der Waals surface area (Å²) < 4.78 is 39.7. The van der Waals surface area contributed by atoms with Gasteiger partial charge in [-0.3, -0.25) is 13.5 Å². The molecular weight excluding hydrogens is 598 g/mol. The van der Waals surface area contributed by atoms with Crippen LogP contribution in [-0.4, -0.2) is 89.1 Å². The number of aromatic nitrogens is 7. The van der Waals surface area contributed by atoms with E-state index in [0.717, 1.165) is 37.8 Å². The first kappa shape index (κ1) is 31.2. The van der Waals surface area contributed by atoms with E-state index in [9.17, 15) is 28.5 Å². The number of fused-ring (bicyclic) bond motifs is 1. The van der Waals surface area contributed by atoms with E-state index in [1.165, 1.54) is 46.3 Å². The van der Waals surface area contributed by atoms with Crippen molar-refractivity contribution < 1.29 is 37.5 Å². The van der Waals surface area contributed by atoms with Crippen LogP contribution >= 0.6 is 0 Å². The summed E-state index contributed by atoms with van der Waals surface area (Å²) in [5.74, 6) is -1.43. The summed E-state index contributed by atoms with van der Waals surface area (Å²) >= 11 is 0. The lowest BCUT2D eigenvalue weighted by Gasteiger charge is -2.16. The number of hydrogen-bond acceptors (Lipinski definition) is 14. The summed E-state index contributed by atoms with van der Waals surface area (Å²) in [4.78, 5) is 25.2. The number of phenolic OH excluding ortho intramolecular Hbond substituents is 1. The Bertz CT molecular complexity index is 1730. The molecule has 0 radical (unpaired) electrons. The number of aromatic hydroxyl groups is 1. The number of carbonyl (C=O) groups is 1. The number of aliphatic hydroxyl groups is 2. The lowest BCUT2D eigenvalue weighted by molar-refractivity contribution is -0.0468. The van der Waals surface area contributed by atoms with Gasteiger partial charge in [-0.15, -0.1) is 5.10 Å². The average Bonchev–Trinajstić information content (AvgIpc) is 3.70. The third kappa shape index (κ3) is 6.78. The van der Waals surface area contributed by atoms with Crippen LogP contribution in [0.3, 0.4) is 0 Å². The van der Waals surface area contributed by atoms with E-state index in [2.05, 4.69) is 32.2 Å². The van der Waals surface area contributed by atoms with Crippen LogP contribution in [0.5, 0.6) is 5.75 Å². The molecule has 4 heterocycles. The number of aryl methyl sites for hydroxylation is 1. The van der Waals surface area contributed by atoms with Gasteiger partial charge in [-0.05, 0) is 25.0 Å². The molecule has 4 aromatic rings. The van der Waals surface area contributed by atoms with Gasteiger partial charge in [0.1, 0.15) is 29.6 Å². The van der Waals surface area contributed by atoms with Gasteiger partial charge in [-0.1, -0.05) is 50.0 Å². The van der Waals surface area contributed by atoms with Crippen LogP contribution in [0.4, 0.5) is 5.82 Å². The van der Waals surface area contributed by atoms with E-state index in [1.807, 2.05) is 0 Å². The van der Waals surface area contributed by atoms with Crippen LogP contribution in [0.25, 0.3) is 17.1 Å². The summed E-state index contributed by atoms with van der Waals surface area (Å²) in [6.45, 7) is 1.40. The number of imidazole rings is 1. The molecule has 44 heavy (non-hydrogen) atoms. The Labute approximate surface area is 251 Å². The minimum atomic E-state index is -4.69. The molecule has 1 aliphatic heterocycles. The minimum absolute atomic E-state index is 0.0274. The Kier molecular flexibility index (Phi) is 9.35. The molecule has 17 nitrogen and oxygen atoms in total. The molecule has 0 saturated carbocycles. The van der Waals surface area contributed by atoms with Crippen molar-refractivity contribution in [1.82, 2.24) is 39.2 Å². The number of ether oxygens (including phenoxy) is 1. The molecule has 5 rings (SSSR count). The van der Waals surface area contributed by atoms with E-state index in [0.29, 0.717) is 0 Å². The summed E-state index contributed by atoms with van der Waals surface area (Å²) in [6, 6.07) is 5.34. The van der Waals surface area contributed by atoms with Gasteiger partial charge in [0.25, 0.3) is 11.9 Å². The summed E-state index contributed by atoms with van der Waals surface area (Å²) in [7, 11) is -4.69. The second-order valence-corrected chi connectivity index (χ2v) is 11.6. The number of nitrogens with zero attached hydrogens (tertiary/aromatic N) is 7. The highest BCUT2D eigenvalue weighted by atomic mass is 32.2. The van der Waals surface area contributed by atoms with Crippen molar-refractivity contribution in [3.63, 3.8) is 0 Å². The molecule has 0 bridgehead atoms. The van der Waals surface area contributed by atoms with E-state index in [4.69, 9.17) is 14.7 Å². The number of unbranched alkanes of at least 4 members (excludes halogenated alkanes) is 4. The topological polar surface area (TPSA) is 243 Å². The van der Waals surface area contributed by atoms with E-state index in [-0.39, 0.29) is 28.5 Å². The van der Waals surface area contributed by atoms with Gasteiger partial charge in [-0.2, -0.15) is 23.1 Å². The van der Waals surface area contributed by atoms with Gasteiger partial charge in [0.05, 0.1) is 30.4 Å². The Morgan fingerprint density at radius 2 is 1.91 bits per heavy atom. The molecule has 1 saturated heterocycles. The quantitative estimate of drug-likeness (QED) is 0.126. The van der Waals surface area contributed by atoms with Gasteiger partial charge < -0.3 is 25.8 Å². The summed E-state index contributed by atoms with van der Waals surface area (Å²) in [5.41, 5.74) is 6.97. The monoisotopic (exact) mass is 631 g/mol. The molecule has 0 unspecified atom stereocenters. The predicted octanol–water partition coefficient (Wildman–Crippen LogP) is 0.518. The van der Waals surface area contributed by atoms with Crippen LogP contribution in [0.15, 0.2) is 36.8 Å². The van der Waals surface area contributed by atoms with Gasteiger partial charge in [0.15, 0.2) is 17.7 Å². The number of rotatable bonds is 13. The number of para-hydroxylation sites is 1. The molecular formula is C26H33N9O8S. The molecule has 18 heteroatoms. The average molecular weight is 632 g/mol. The van der Waals surface area contributed by atoms with Crippen molar-refractivity contribution in [2.75, 3.05) is 12.3 Å². The smallest absolute Gasteiger partial charge is 0.362 e. The number of nitrogens with one attached hydrogen (secondary N) is 1.